The molecular formula is C26H31N3O3. The summed E-state index contributed by atoms with van der Waals surface area (Å²) in [5.41, 5.74) is 2.64. The van der Waals surface area contributed by atoms with Gasteiger partial charge in [-0.25, -0.2) is 0 Å². The van der Waals surface area contributed by atoms with Crippen molar-refractivity contribution in [2.24, 2.45) is 0 Å². The Morgan fingerprint density at radius 1 is 1.09 bits per heavy atom. The Morgan fingerprint density at radius 3 is 2.62 bits per heavy atom. The Bertz CT molecular complexity index is 963. The van der Waals surface area contributed by atoms with Gasteiger partial charge in [0.1, 0.15) is 0 Å². The van der Waals surface area contributed by atoms with E-state index in [2.05, 4.69) is 17.9 Å². The van der Waals surface area contributed by atoms with Gasteiger partial charge in [-0.15, -0.1) is 0 Å². The van der Waals surface area contributed by atoms with Crippen molar-refractivity contribution in [1.29, 1.82) is 5.26 Å². The molecule has 1 heterocycles. The van der Waals surface area contributed by atoms with E-state index in [0.29, 0.717) is 24.5 Å². The molecule has 0 radical (unpaired) electrons. The lowest BCUT2D eigenvalue weighted by atomic mass is 10.2. The minimum Gasteiger partial charge on any atom is -0.493 e. The number of methoxy groups -OCH3 is 1. The number of carbonyl (C=O) groups is 1. The van der Waals surface area contributed by atoms with Gasteiger partial charge in [0.25, 0.3) is 0 Å². The van der Waals surface area contributed by atoms with E-state index in [1.54, 1.807) is 13.2 Å². The molecule has 1 aliphatic heterocycles. The highest BCUT2D eigenvalue weighted by atomic mass is 16.5. The molecule has 6 heteroatoms. The van der Waals surface area contributed by atoms with E-state index in [1.807, 2.05) is 53.4 Å². The molecule has 0 unspecified atom stereocenters. The third-order valence-electron chi connectivity index (χ3n) is 5.53. The fourth-order valence-electron chi connectivity index (χ4n) is 3.65. The number of unbranched alkanes of at least 4 members (excludes halogenated alkanes) is 1. The van der Waals surface area contributed by atoms with Crippen molar-refractivity contribution in [2.45, 2.75) is 26.2 Å². The van der Waals surface area contributed by atoms with Crippen molar-refractivity contribution >= 4 is 17.7 Å². The van der Waals surface area contributed by atoms with Gasteiger partial charge in [-0.2, -0.15) is 5.26 Å². The molecule has 168 valence electrons. The molecule has 0 atom stereocenters. The molecule has 6 nitrogen and oxygen atoms in total. The maximum atomic E-state index is 12.8. The molecule has 1 saturated heterocycles. The molecule has 0 aromatic heterocycles. The summed E-state index contributed by atoms with van der Waals surface area (Å²) in [6.07, 6.45) is 6.43. The van der Waals surface area contributed by atoms with Crippen LogP contribution in [0.1, 0.15) is 37.3 Å². The van der Waals surface area contributed by atoms with Crippen molar-refractivity contribution in [3.63, 3.8) is 0 Å². The second-order valence-corrected chi connectivity index (χ2v) is 7.77. The molecule has 0 spiro atoms. The lowest BCUT2D eigenvalue weighted by molar-refractivity contribution is -0.125. The second-order valence-electron chi connectivity index (χ2n) is 7.77. The summed E-state index contributed by atoms with van der Waals surface area (Å²) in [7, 11) is 1.62. The SMILES string of the molecule is CCCCOc1ccc(/C=C/C(=O)N2CCCN(c3ccc(C#N)cc3)CC2)cc1OC. The highest BCUT2D eigenvalue weighted by molar-refractivity contribution is 5.92. The summed E-state index contributed by atoms with van der Waals surface area (Å²) in [5, 5.41) is 8.97. The van der Waals surface area contributed by atoms with Gasteiger partial charge in [-0.1, -0.05) is 19.4 Å². The summed E-state index contributed by atoms with van der Waals surface area (Å²) in [6, 6.07) is 15.5. The van der Waals surface area contributed by atoms with E-state index < -0.39 is 0 Å². The maximum absolute atomic E-state index is 12.8. The van der Waals surface area contributed by atoms with Crippen LogP contribution in [0.4, 0.5) is 5.69 Å². The summed E-state index contributed by atoms with van der Waals surface area (Å²) in [6.45, 7) is 5.83. The minimum atomic E-state index is 0.00826. The van der Waals surface area contributed by atoms with E-state index >= 15 is 0 Å². The normalized spacial score (nSPS) is 14.2. The topological polar surface area (TPSA) is 65.8 Å². The fourth-order valence-corrected chi connectivity index (χ4v) is 3.65. The first kappa shape index (κ1) is 23.2. The number of hydrogen-bond acceptors (Lipinski definition) is 5. The van der Waals surface area contributed by atoms with Gasteiger partial charge in [0.05, 0.1) is 25.3 Å². The summed E-state index contributed by atoms with van der Waals surface area (Å²) in [5.74, 6) is 1.40. The van der Waals surface area contributed by atoms with E-state index in [0.717, 1.165) is 55.9 Å². The van der Waals surface area contributed by atoms with Gasteiger partial charge in [0.15, 0.2) is 11.5 Å². The van der Waals surface area contributed by atoms with Crippen molar-refractivity contribution in [3.8, 4) is 17.6 Å². The third kappa shape index (κ3) is 6.27. The number of ether oxygens (including phenoxy) is 2. The van der Waals surface area contributed by atoms with Gasteiger partial charge >= 0.3 is 0 Å². The molecule has 3 rings (SSSR count). The van der Waals surface area contributed by atoms with Crippen LogP contribution in [0.15, 0.2) is 48.5 Å². The highest BCUT2D eigenvalue weighted by Gasteiger charge is 2.18. The average molecular weight is 434 g/mol. The first-order valence-corrected chi connectivity index (χ1v) is 11.2. The van der Waals surface area contributed by atoms with E-state index in [9.17, 15) is 4.79 Å². The number of hydrogen-bond donors (Lipinski definition) is 0. The van der Waals surface area contributed by atoms with Crippen LogP contribution in [-0.4, -0.2) is 50.7 Å². The van der Waals surface area contributed by atoms with E-state index in [-0.39, 0.29) is 5.91 Å². The van der Waals surface area contributed by atoms with Crippen LogP contribution in [0.25, 0.3) is 6.08 Å². The Kier molecular flexibility index (Phi) is 8.56. The van der Waals surface area contributed by atoms with Gasteiger partial charge in [0, 0.05) is 37.9 Å². The van der Waals surface area contributed by atoms with Crippen LogP contribution in [0.2, 0.25) is 0 Å². The number of carbonyl (C=O) groups excluding carboxylic acids is 1. The van der Waals surface area contributed by atoms with Crippen molar-refractivity contribution in [3.05, 3.63) is 59.7 Å². The molecule has 0 N–H and O–H groups in total. The predicted octanol–water partition coefficient (Wildman–Crippen LogP) is 4.50. The summed E-state index contributed by atoms with van der Waals surface area (Å²) < 4.78 is 11.2. The second kappa shape index (κ2) is 11.8. The number of nitriles is 1. The monoisotopic (exact) mass is 433 g/mol. The maximum Gasteiger partial charge on any atom is 0.246 e. The minimum absolute atomic E-state index is 0.00826. The van der Waals surface area contributed by atoms with Crippen LogP contribution < -0.4 is 14.4 Å². The zero-order valence-corrected chi connectivity index (χ0v) is 18.9. The molecule has 1 aliphatic rings. The molecule has 2 aromatic rings. The predicted molar refractivity (Wildman–Crippen MR) is 127 cm³/mol. The van der Waals surface area contributed by atoms with Crippen LogP contribution in [0, 0.1) is 11.3 Å². The Morgan fingerprint density at radius 2 is 1.91 bits per heavy atom. The molecule has 2 aromatic carbocycles. The number of nitrogens with zero attached hydrogens (tertiary/aromatic N) is 3. The number of benzene rings is 2. The van der Waals surface area contributed by atoms with Crippen molar-refractivity contribution in [1.82, 2.24) is 4.90 Å². The van der Waals surface area contributed by atoms with Gasteiger partial charge < -0.3 is 19.3 Å². The van der Waals surface area contributed by atoms with Crippen LogP contribution >= 0.6 is 0 Å². The molecule has 1 amide bonds. The Hall–Kier alpha value is -3.46. The lowest BCUT2D eigenvalue weighted by Gasteiger charge is -2.23. The fraction of sp³-hybridized carbons (Fsp3) is 0.385. The van der Waals surface area contributed by atoms with Gasteiger partial charge in [-0.05, 0) is 60.9 Å². The largest absolute Gasteiger partial charge is 0.493 e. The first-order valence-electron chi connectivity index (χ1n) is 11.2. The number of anilines is 1. The number of rotatable bonds is 8. The highest BCUT2D eigenvalue weighted by Crippen LogP contribution is 2.29. The van der Waals surface area contributed by atoms with Crippen LogP contribution in [0.3, 0.4) is 0 Å². The third-order valence-corrected chi connectivity index (χ3v) is 5.53. The van der Waals surface area contributed by atoms with Crippen LogP contribution in [-0.2, 0) is 4.79 Å². The molecule has 1 fully saturated rings. The smallest absolute Gasteiger partial charge is 0.246 e. The standard InChI is InChI=1S/C26H31N3O3/c1-3-4-18-32-24-12-8-21(19-25(24)31-2)9-13-26(30)29-15-5-14-28(16-17-29)23-10-6-22(20-27)7-11-23/h6-13,19H,3-5,14-18H2,1-2H3/b13-9+. The zero-order chi connectivity index (χ0) is 22.8. The number of amides is 1. The molecule has 32 heavy (non-hydrogen) atoms. The zero-order valence-electron chi connectivity index (χ0n) is 18.9. The van der Waals surface area contributed by atoms with Crippen molar-refractivity contribution < 1.29 is 14.3 Å². The Balaban J connectivity index is 1.58. The molecule has 0 aliphatic carbocycles. The van der Waals surface area contributed by atoms with Crippen molar-refractivity contribution in [2.75, 3.05) is 44.8 Å². The quantitative estimate of drug-likeness (QED) is 0.453. The van der Waals surface area contributed by atoms with Crippen LogP contribution in [0.5, 0.6) is 11.5 Å². The molecule has 0 bridgehead atoms. The van der Waals surface area contributed by atoms with Gasteiger partial charge in [-0.3, -0.25) is 4.79 Å². The lowest BCUT2D eigenvalue weighted by Crippen LogP contribution is -2.34. The van der Waals surface area contributed by atoms with Gasteiger partial charge in [0.2, 0.25) is 5.91 Å². The van der Waals surface area contributed by atoms with E-state index in [1.165, 1.54) is 0 Å². The first-order chi connectivity index (χ1) is 15.6. The summed E-state index contributed by atoms with van der Waals surface area (Å²) in [4.78, 5) is 16.9. The molecule has 0 saturated carbocycles. The summed E-state index contributed by atoms with van der Waals surface area (Å²) >= 11 is 0. The molecular weight excluding hydrogens is 402 g/mol. The average Bonchev–Trinajstić information content (AvgIpc) is 3.09. The van der Waals surface area contributed by atoms with E-state index in [4.69, 9.17) is 14.7 Å². The Labute approximate surface area is 190 Å².